The third kappa shape index (κ3) is 3.39. The summed E-state index contributed by atoms with van der Waals surface area (Å²) in [5, 5.41) is 13.7. The van der Waals surface area contributed by atoms with Crippen LogP contribution in [0.25, 0.3) is 10.9 Å². The van der Waals surface area contributed by atoms with E-state index in [9.17, 15) is 4.79 Å². The minimum atomic E-state index is -0.368. The van der Waals surface area contributed by atoms with Crippen LogP contribution in [0.2, 0.25) is 5.02 Å². The molecular weight excluding hydrogens is 378 g/mol. The lowest BCUT2D eigenvalue weighted by Gasteiger charge is -2.15. The highest BCUT2D eigenvalue weighted by atomic mass is 35.5. The number of hydrogen-bond acceptors (Lipinski definition) is 6. The van der Waals surface area contributed by atoms with Crippen molar-refractivity contribution in [3.63, 3.8) is 0 Å². The standard InChI is InChI=1S/C20H18ClN5O2/c1-10(24-20-23-9-13(8-22)19(26-20)28-2)14-5-12-6-16(21)15(11-3-4-11)7-17(12)25-18(14)27/h5-7,9-11H,3-4H2,1-2H3,(H,25,27)(H,23,24,26)/t10-/m0/s1. The van der Waals surface area contributed by atoms with Gasteiger partial charge in [-0.3, -0.25) is 4.79 Å². The van der Waals surface area contributed by atoms with Gasteiger partial charge in [-0.25, -0.2) is 4.98 Å². The Kier molecular flexibility index (Phi) is 4.65. The van der Waals surface area contributed by atoms with Crippen LogP contribution in [-0.4, -0.2) is 22.1 Å². The number of nitrogens with zero attached hydrogens (tertiary/aromatic N) is 3. The molecule has 2 aromatic heterocycles. The van der Waals surface area contributed by atoms with E-state index in [0.717, 1.165) is 34.3 Å². The molecule has 0 bridgehead atoms. The van der Waals surface area contributed by atoms with Crippen LogP contribution in [0.3, 0.4) is 0 Å². The van der Waals surface area contributed by atoms with Gasteiger partial charge in [0.25, 0.3) is 5.56 Å². The lowest BCUT2D eigenvalue weighted by molar-refractivity contribution is 0.396. The van der Waals surface area contributed by atoms with Gasteiger partial charge in [-0.2, -0.15) is 10.2 Å². The number of hydrogen-bond donors (Lipinski definition) is 2. The second-order valence-corrected chi connectivity index (χ2v) is 7.29. The van der Waals surface area contributed by atoms with E-state index in [-0.39, 0.29) is 29.0 Å². The third-order valence-electron chi connectivity index (χ3n) is 4.89. The minimum absolute atomic E-state index is 0.180. The quantitative estimate of drug-likeness (QED) is 0.678. The van der Waals surface area contributed by atoms with Gasteiger partial charge < -0.3 is 15.0 Å². The van der Waals surface area contributed by atoms with E-state index in [1.807, 2.05) is 31.2 Å². The molecule has 1 atom stereocenters. The highest BCUT2D eigenvalue weighted by Gasteiger charge is 2.26. The van der Waals surface area contributed by atoms with Crippen LogP contribution in [0, 0.1) is 11.3 Å². The molecule has 8 heteroatoms. The predicted molar refractivity (Wildman–Crippen MR) is 107 cm³/mol. The minimum Gasteiger partial charge on any atom is -0.480 e. The van der Waals surface area contributed by atoms with E-state index in [2.05, 4.69) is 20.3 Å². The van der Waals surface area contributed by atoms with E-state index >= 15 is 0 Å². The Labute approximate surface area is 166 Å². The van der Waals surface area contributed by atoms with Gasteiger partial charge in [0.2, 0.25) is 11.8 Å². The van der Waals surface area contributed by atoms with Gasteiger partial charge in [0.05, 0.1) is 19.3 Å². The number of ether oxygens (including phenoxy) is 1. The number of aromatic amines is 1. The maximum atomic E-state index is 12.6. The highest BCUT2D eigenvalue weighted by Crippen LogP contribution is 2.44. The normalized spacial score (nSPS) is 14.5. The molecule has 7 nitrogen and oxygen atoms in total. The van der Waals surface area contributed by atoms with Crippen molar-refractivity contribution in [3.05, 3.63) is 56.5 Å². The molecule has 28 heavy (non-hydrogen) atoms. The van der Waals surface area contributed by atoms with Crippen molar-refractivity contribution in [3.8, 4) is 11.9 Å². The van der Waals surface area contributed by atoms with Crippen LogP contribution in [-0.2, 0) is 0 Å². The molecule has 1 aromatic carbocycles. The number of pyridine rings is 1. The van der Waals surface area contributed by atoms with Crippen molar-refractivity contribution in [1.29, 1.82) is 5.26 Å². The summed E-state index contributed by atoms with van der Waals surface area (Å²) >= 11 is 6.43. The van der Waals surface area contributed by atoms with Crippen molar-refractivity contribution in [2.24, 2.45) is 0 Å². The zero-order valence-corrected chi connectivity index (χ0v) is 16.2. The number of rotatable bonds is 5. The number of fused-ring (bicyclic) bond motifs is 1. The van der Waals surface area contributed by atoms with E-state index in [1.165, 1.54) is 13.3 Å². The molecule has 1 saturated carbocycles. The first kappa shape index (κ1) is 18.3. The Hall–Kier alpha value is -3.11. The molecule has 1 aliphatic carbocycles. The number of anilines is 1. The topological polar surface area (TPSA) is 104 Å². The summed E-state index contributed by atoms with van der Waals surface area (Å²) in [7, 11) is 1.43. The number of halogens is 1. The van der Waals surface area contributed by atoms with Crippen molar-refractivity contribution >= 4 is 28.5 Å². The largest absolute Gasteiger partial charge is 0.480 e. The summed E-state index contributed by atoms with van der Waals surface area (Å²) in [5.74, 6) is 0.952. The fourth-order valence-electron chi connectivity index (χ4n) is 3.23. The van der Waals surface area contributed by atoms with Crippen LogP contribution in [0.4, 0.5) is 5.95 Å². The van der Waals surface area contributed by atoms with Gasteiger partial charge in [0.15, 0.2) is 0 Å². The lowest BCUT2D eigenvalue weighted by atomic mass is 10.0. The first-order valence-corrected chi connectivity index (χ1v) is 9.32. The number of H-pyrrole nitrogens is 1. The van der Waals surface area contributed by atoms with Crippen LogP contribution in [0.15, 0.2) is 29.2 Å². The molecule has 4 rings (SSSR count). The zero-order chi connectivity index (χ0) is 19.8. The van der Waals surface area contributed by atoms with Crippen LogP contribution in [0.5, 0.6) is 5.88 Å². The molecule has 0 saturated heterocycles. The Bertz CT molecular complexity index is 1160. The van der Waals surface area contributed by atoms with Crippen molar-refractivity contribution in [2.45, 2.75) is 31.7 Å². The lowest BCUT2D eigenvalue weighted by Crippen LogP contribution is -2.20. The molecule has 142 valence electrons. The Morgan fingerprint density at radius 2 is 2.18 bits per heavy atom. The number of aromatic nitrogens is 3. The number of nitriles is 1. The first-order chi connectivity index (χ1) is 13.5. The first-order valence-electron chi connectivity index (χ1n) is 8.94. The summed E-state index contributed by atoms with van der Waals surface area (Å²) in [6.45, 7) is 1.84. The zero-order valence-electron chi connectivity index (χ0n) is 15.4. The average Bonchev–Trinajstić information content (AvgIpc) is 3.52. The SMILES string of the molecule is COc1nc(N[C@@H](C)c2cc3cc(Cl)c(C4CC4)cc3[nH]c2=O)ncc1C#N. The maximum absolute atomic E-state index is 12.6. The van der Waals surface area contributed by atoms with Crippen LogP contribution in [0.1, 0.15) is 48.4 Å². The molecule has 0 amide bonds. The number of benzene rings is 1. The fourth-order valence-corrected chi connectivity index (χ4v) is 3.56. The molecule has 0 aliphatic heterocycles. The molecule has 2 N–H and O–H groups in total. The molecular formula is C20H18ClN5O2. The fraction of sp³-hybridized carbons (Fsp3) is 0.300. The highest BCUT2D eigenvalue weighted by molar-refractivity contribution is 6.32. The van der Waals surface area contributed by atoms with Crippen molar-refractivity contribution in [2.75, 3.05) is 12.4 Å². The van der Waals surface area contributed by atoms with Crippen molar-refractivity contribution < 1.29 is 4.74 Å². The summed E-state index contributed by atoms with van der Waals surface area (Å²) in [4.78, 5) is 23.9. The summed E-state index contributed by atoms with van der Waals surface area (Å²) in [5.41, 5.74) is 2.47. The van der Waals surface area contributed by atoms with E-state index < -0.39 is 0 Å². The van der Waals surface area contributed by atoms with Gasteiger partial charge in [-0.15, -0.1) is 0 Å². The second-order valence-electron chi connectivity index (χ2n) is 6.88. The van der Waals surface area contributed by atoms with E-state index in [4.69, 9.17) is 21.6 Å². The molecule has 1 aliphatic rings. The Morgan fingerprint density at radius 3 is 2.86 bits per heavy atom. The second kappa shape index (κ2) is 7.13. The Morgan fingerprint density at radius 1 is 1.39 bits per heavy atom. The predicted octanol–water partition coefficient (Wildman–Crippen LogP) is 3.90. The smallest absolute Gasteiger partial charge is 0.253 e. The van der Waals surface area contributed by atoms with Gasteiger partial charge in [0.1, 0.15) is 11.6 Å². The van der Waals surface area contributed by atoms with Gasteiger partial charge in [0, 0.05) is 21.5 Å². The Balaban J connectivity index is 1.66. The van der Waals surface area contributed by atoms with Gasteiger partial charge in [-0.1, -0.05) is 11.6 Å². The average molecular weight is 396 g/mol. The molecule has 1 fully saturated rings. The van der Waals surface area contributed by atoms with Crippen molar-refractivity contribution in [1.82, 2.24) is 15.0 Å². The molecule has 2 heterocycles. The summed E-state index contributed by atoms with van der Waals surface area (Å²) in [6.07, 6.45) is 3.66. The molecule has 0 unspecified atom stereocenters. The molecule has 0 radical (unpaired) electrons. The molecule has 3 aromatic rings. The van der Waals surface area contributed by atoms with E-state index in [0.29, 0.717) is 11.5 Å². The maximum Gasteiger partial charge on any atom is 0.253 e. The van der Waals surface area contributed by atoms with E-state index in [1.54, 1.807) is 0 Å². The number of nitrogens with one attached hydrogen (secondary N) is 2. The van der Waals surface area contributed by atoms with Gasteiger partial charge in [-0.05, 0) is 49.4 Å². The number of methoxy groups -OCH3 is 1. The monoisotopic (exact) mass is 395 g/mol. The molecule has 0 spiro atoms. The van der Waals surface area contributed by atoms with Gasteiger partial charge >= 0.3 is 0 Å². The summed E-state index contributed by atoms with van der Waals surface area (Å²) < 4.78 is 5.10. The van der Waals surface area contributed by atoms with Crippen LogP contribution >= 0.6 is 11.6 Å². The third-order valence-corrected chi connectivity index (χ3v) is 5.21. The summed E-state index contributed by atoms with van der Waals surface area (Å²) in [6, 6.07) is 7.31. The van der Waals surface area contributed by atoms with Crippen LogP contribution < -0.4 is 15.6 Å².